The summed E-state index contributed by atoms with van der Waals surface area (Å²) in [6.07, 6.45) is 1.04. The van der Waals surface area contributed by atoms with Crippen LogP contribution in [-0.2, 0) is 13.0 Å². The lowest BCUT2D eigenvalue weighted by Crippen LogP contribution is -2.13. The predicted octanol–water partition coefficient (Wildman–Crippen LogP) is 3.78. The second-order valence-electron chi connectivity index (χ2n) is 4.87. The number of hydrogen-bond donors (Lipinski definition) is 1. The van der Waals surface area contributed by atoms with Gasteiger partial charge in [-0.15, -0.1) is 0 Å². The monoisotopic (exact) mass is 254 g/mol. The number of hydrogen-bond acceptors (Lipinski definition) is 2. The van der Waals surface area contributed by atoms with Crippen LogP contribution in [0.5, 0.6) is 0 Å². The quantitative estimate of drug-likeness (QED) is 0.899. The van der Waals surface area contributed by atoms with E-state index in [1.165, 1.54) is 22.5 Å². The van der Waals surface area contributed by atoms with Crippen LogP contribution in [0, 0.1) is 6.92 Å². The highest BCUT2D eigenvalue weighted by atomic mass is 15.1. The van der Waals surface area contributed by atoms with E-state index in [-0.39, 0.29) is 0 Å². The summed E-state index contributed by atoms with van der Waals surface area (Å²) in [5, 5.41) is 0. The molecule has 2 aromatic carbocycles. The Kier molecular flexibility index (Phi) is 4.23. The number of rotatable bonds is 4. The Morgan fingerprint density at radius 2 is 1.74 bits per heavy atom. The van der Waals surface area contributed by atoms with E-state index in [4.69, 9.17) is 5.73 Å². The third-order valence-electron chi connectivity index (χ3n) is 3.60. The molecule has 2 nitrogen and oxygen atoms in total. The Morgan fingerprint density at radius 3 is 2.32 bits per heavy atom. The summed E-state index contributed by atoms with van der Waals surface area (Å²) in [6, 6.07) is 14.9. The molecule has 0 spiro atoms. The lowest BCUT2D eigenvalue weighted by molar-refractivity contribution is 1.06. The SMILES string of the molecule is CCc1cccc(C)c1N(C)c1ccc(CN)cc1. The molecule has 100 valence electrons. The summed E-state index contributed by atoms with van der Waals surface area (Å²) < 4.78 is 0. The summed E-state index contributed by atoms with van der Waals surface area (Å²) in [6.45, 7) is 4.96. The summed E-state index contributed by atoms with van der Waals surface area (Å²) in [7, 11) is 2.12. The van der Waals surface area contributed by atoms with E-state index in [1.807, 2.05) is 0 Å². The largest absolute Gasteiger partial charge is 0.344 e. The van der Waals surface area contributed by atoms with Crippen molar-refractivity contribution in [3.05, 3.63) is 59.2 Å². The van der Waals surface area contributed by atoms with Gasteiger partial charge in [-0.25, -0.2) is 0 Å². The fraction of sp³-hybridized carbons (Fsp3) is 0.294. The number of nitrogens with zero attached hydrogens (tertiary/aromatic N) is 1. The minimum Gasteiger partial charge on any atom is -0.344 e. The molecular formula is C17H22N2. The molecule has 0 aliphatic heterocycles. The molecule has 0 radical (unpaired) electrons. The highest BCUT2D eigenvalue weighted by molar-refractivity contribution is 5.69. The van der Waals surface area contributed by atoms with Gasteiger partial charge in [-0.2, -0.15) is 0 Å². The fourth-order valence-electron chi connectivity index (χ4n) is 2.47. The van der Waals surface area contributed by atoms with E-state index in [9.17, 15) is 0 Å². The fourth-order valence-corrected chi connectivity index (χ4v) is 2.47. The molecule has 0 amide bonds. The van der Waals surface area contributed by atoms with Crippen molar-refractivity contribution in [2.24, 2.45) is 5.73 Å². The van der Waals surface area contributed by atoms with Crippen molar-refractivity contribution in [3.63, 3.8) is 0 Å². The van der Waals surface area contributed by atoms with Crippen molar-refractivity contribution in [1.82, 2.24) is 0 Å². The number of aryl methyl sites for hydroxylation is 2. The first-order valence-corrected chi connectivity index (χ1v) is 6.78. The lowest BCUT2D eigenvalue weighted by atomic mass is 10.0. The first kappa shape index (κ1) is 13.6. The highest BCUT2D eigenvalue weighted by Gasteiger charge is 2.10. The predicted molar refractivity (Wildman–Crippen MR) is 83.0 cm³/mol. The maximum atomic E-state index is 5.64. The van der Waals surface area contributed by atoms with Crippen LogP contribution in [0.25, 0.3) is 0 Å². The molecule has 0 heterocycles. The maximum absolute atomic E-state index is 5.64. The number of para-hydroxylation sites is 1. The molecule has 0 bridgehead atoms. The zero-order valence-corrected chi connectivity index (χ0v) is 12.0. The second kappa shape index (κ2) is 5.89. The molecule has 0 aliphatic rings. The van der Waals surface area contributed by atoms with Gasteiger partial charge in [-0.3, -0.25) is 0 Å². The zero-order chi connectivity index (χ0) is 13.8. The number of anilines is 2. The van der Waals surface area contributed by atoms with Gasteiger partial charge >= 0.3 is 0 Å². The van der Waals surface area contributed by atoms with Crippen molar-refractivity contribution in [2.45, 2.75) is 26.8 Å². The van der Waals surface area contributed by atoms with Gasteiger partial charge in [-0.05, 0) is 42.2 Å². The van der Waals surface area contributed by atoms with Crippen molar-refractivity contribution in [1.29, 1.82) is 0 Å². The third kappa shape index (κ3) is 2.79. The summed E-state index contributed by atoms with van der Waals surface area (Å²) in [5.74, 6) is 0. The van der Waals surface area contributed by atoms with Gasteiger partial charge in [-0.1, -0.05) is 37.3 Å². The van der Waals surface area contributed by atoms with E-state index in [2.05, 4.69) is 68.3 Å². The zero-order valence-electron chi connectivity index (χ0n) is 12.0. The van der Waals surface area contributed by atoms with E-state index in [1.54, 1.807) is 0 Å². The maximum Gasteiger partial charge on any atom is 0.0470 e. The van der Waals surface area contributed by atoms with Gasteiger partial charge in [0.1, 0.15) is 0 Å². The average Bonchev–Trinajstić information content (AvgIpc) is 2.46. The molecular weight excluding hydrogens is 232 g/mol. The Balaban J connectivity index is 2.40. The summed E-state index contributed by atoms with van der Waals surface area (Å²) in [4.78, 5) is 2.26. The molecule has 0 aliphatic carbocycles. The van der Waals surface area contributed by atoms with Crippen LogP contribution >= 0.6 is 0 Å². The van der Waals surface area contributed by atoms with Crippen molar-refractivity contribution < 1.29 is 0 Å². The molecule has 2 heteroatoms. The first-order chi connectivity index (χ1) is 9.17. The normalized spacial score (nSPS) is 10.5. The Bertz CT molecular complexity index is 544. The second-order valence-corrected chi connectivity index (χ2v) is 4.87. The molecule has 19 heavy (non-hydrogen) atoms. The van der Waals surface area contributed by atoms with Gasteiger partial charge in [0.2, 0.25) is 0 Å². The molecule has 0 atom stereocenters. The Hall–Kier alpha value is -1.80. The molecule has 2 N–H and O–H groups in total. The molecule has 2 rings (SSSR count). The van der Waals surface area contributed by atoms with E-state index < -0.39 is 0 Å². The van der Waals surface area contributed by atoms with E-state index in [0.29, 0.717) is 6.54 Å². The molecule has 0 saturated carbocycles. The minimum absolute atomic E-state index is 0.592. The molecule has 2 aromatic rings. The van der Waals surface area contributed by atoms with Crippen molar-refractivity contribution in [3.8, 4) is 0 Å². The van der Waals surface area contributed by atoms with Crippen LogP contribution in [0.3, 0.4) is 0 Å². The average molecular weight is 254 g/mol. The highest BCUT2D eigenvalue weighted by Crippen LogP contribution is 2.30. The van der Waals surface area contributed by atoms with Crippen molar-refractivity contribution >= 4 is 11.4 Å². The van der Waals surface area contributed by atoms with Crippen LogP contribution in [0.15, 0.2) is 42.5 Å². The first-order valence-electron chi connectivity index (χ1n) is 6.78. The van der Waals surface area contributed by atoms with Gasteiger partial charge < -0.3 is 10.6 Å². The van der Waals surface area contributed by atoms with Gasteiger partial charge in [0.15, 0.2) is 0 Å². The van der Waals surface area contributed by atoms with Crippen LogP contribution in [0.2, 0.25) is 0 Å². The van der Waals surface area contributed by atoms with E-state index >= 15 is 0 Å². The van der Waals surface area contributed by atoms with Crippen LogP contribution in [0.4, 0.5) is 11.4 Å². The topological polar surface area (TPSA) is 29.3 Å². The van der Waals surface area contributed by atoms with Crippen LogP contribution in [0.1, 0.15) is 23.6 Å². The van der Waals surface area contributed by atoms with Gasteiger partial charge in [0, 0.05) is 25.0 Å². The lowest BCUT2D eigenvalue weighted by Gasteiger charge is -2.24. The van der Waals surface area contributed by atoms with Crippen molar-refractivity contribution in [2.75, 3.05) is 11.9 Å². The smallest absolute Gasteiger partial charge is 0.0470 e. The molecule has 0 aromatic heterocycles. The van der Waals surface area contributed by atoms with E-state index in [0.717, 1.165) is 12.0 Å². The molecule has 0 saturated heterocycles. The Labute approximate surface area is 115 Å². The standard InChI is InChI=1S/C17H22N2/c1-4-15-7-5-6-13(2)17(15)19(3)16-10-8-14(12-18)9-11-16/h5-11H,4,12,18H2,1-3H3. The third-order valence-corrected chi connectivity index (χ3v) is 3.60. The number of benzene rings is 2. The molecule has 0 unspecified atom stereocenters. The summed E-state index contributed by atoms with van der Waals surface area (Å²) >= 11 is 0. The Morgan fingerprint density at radius 1 is 1.05 bits per heavy atom. The molecule has 0 fully saturated rings. The van der Waals surface area contributed by atoms with Gasteiger partial charge in [0.25, 0.3) is 0 Å². The van der Waals surface area contributed by atoms with Gasteiger partial charge in [0.05, 0.1) is 0 Å². The minimum atomic E-state index is 0.592. The summed E-state index contributed by atoms with van der Waals surface area (Å²) in [5.41, 5.74) is 12.0. The van der Waals surface area contributed by atoms with Crippen LogP contribution in [-0.4, -0.2) is 7.05 Å². The van der Waals surface area contributed by atoms with Crippen LogP contribution < -0.4 is 10.6 Å². The number of nitrogens with two attached hydrogens (primary N) is 1.